The van der Waals surface area contributed by atoms with Crippen LogP contribution in [0, 0.1) is 6.04 Å². The topological polar surface area (TPSA) is 140 Å². The molecule has 3 N–H and O–H groups in total. The van der Waals surface area contributed by atoms with E-state index in [4.69, 9.17) is 0 Å². The third kappa shape index (κ3) is 2.38. The van der Waals surface area contributed by atoms with Crippen molar-refractivity contribution in [3.8, 4) is 0 Å². The van der Waals surface area contributed by atoms with E-state index in [-0.39, 0.29) is 40.9 Å². The molecule has 0 unspecified atom stereocenters. The number of amidine groups is 1. The fourth-order valence-electron chi connectivity index (χ4n) is 2.70. The molecule has 0 bridgehead atoms. The molecule has 0 aromatic heterocycles. The number of aliphatic imine (C=N–C) groups is 1. The van der Waals surface area contributed by atoms with Crippen molar-refractivity contribution in [2.24, 2.45) is 4.99 Å². The molecule has 0 fully saturated rings. The minimum atomic E-state index is -1.35. The number of carbonyl (C=O) groups excluding carboxylic acids is 2. The number of hydrogen-bond acceptors (Lipinski definition) is 6. The third-order valence-electron chi connectivity index (χ3n) is 3.94. The lowest BCUT2D eigenvalue weighted by molar-refractivity contribution is -0.124. The van der Waals surface area contributed by atoms with Gasteiger partial charge < -0.3 is 20.4 Å². The molecule has 1 radical (unpaired) electrons. The van der Waals surface area contributed by atoms with E-state index in [1.54, 1.807) is 6.92 Å². The van der Waals surface area contributed by atoms with Crippen LogP contribution in [0.1, 0.15) is 27.6 Å². The fourth-order valence-corrected chi connectivity index (χ4v) is 2.70. The normalized spacial score (nSPS) is 16.8. The van der Waals surface area contributed by atoms with E-state index < -0.39 is 23.9 Å². The SMILES string of the molecule is CCN1C2=NC(=O)N(C)C(=O)[C]2Nc2c(C(=O)O)cc(C(=O)O)cc21. The van der Waals surface area contributed by atoms with E-state index in [9.17, 15) is 29.4 Å². The Balaban J connectivity index is 2.27. The van der Waals surface area contributed by atoms with Crippen molar-refractivity contribution in [3.05, 3.63) is 29.3 Å². The molecule has 129 valence electrons. The summed E-state index contributed by atoms with van der Waals surface area (Å²) in [6.07, 6.45) is 0. The van der Waals surface area contributed by atoms with E-state index in [1.807, 2.05) is 0 Å². The van der Waals surface area contributed by atoms with Gasteiger partial charge in [0.05, 0.1) is 22.5 Å². The second-order valence-corrected chi connectivity index (χ2v) is 5.35. The number of amides is 3. The predicted molar refractivity (Wildman–Crippen MR) is 85.8 cm³/mol. The van der Waals surface area contributed by atoms with Crippen LogP contribution in [0.4, 0.5) is 16.2 Å². The number of carboxylic acids is 2. The van der Waals surface area contributed by atoms with E-state index in [2.05, 4.69) is 10.3 Å². The van der Waals surface area contributed by atoms with Crippen LogP contribution in [0.15, 0.2) is 17.1 Å². The third-order valence-corrected chi connectivity index (χ3v) is 3.94. The Morgan fingerprint density at radius 3 is 2.44 bits per heavy atom. The van der Waals surface area contributed by atoms with E-state index in [1.165, 1.54) is 18.0 Å². The number of aromatic carboxylic acids is 2. The maximum atomic E-state index is 12.4. The van der Waals surface area contributed by atoms with Gasteiger partial charge in [-0.05, 0) is 19.1 Å². The molecule has 0 atom stereocenters. The van der Waals surface area contributed by atoms with E-state index in [0.29, 0.717) is 0 Å². The summed E-state index contributed by atoms with van der Waals surface area (Å²) in [4.78, 5) is 53.1. The number of nitrogens with zero attached hydrogens (tertiary/aromatic N) is 3. The second-order valence-electron chi connectivity index (χ2n) is 5.35. The number of carboxylic acid groups (broad SMARTS) is 2. The number of hydrogen-bond donors (Lipinski definition) is 3. The van der Waals surface area contributed by atoms with Crippen LogP contribution in [0.25, 0.3) is 0 Å². The number of benzene rings is 1. The fraction of sp³-hybridized carbons (Fsp3) is 0.200. The average molecular weight is 345 g/mol. The lowest BCUT2D eigenvalue weighted by atomic mass is 9.99. The van der Waals surface area contributed by atoms with Crippen molar-refractivity contribution >= 4 is 41.1 Å². The minimum absolute atomic E-state index is 0.0296. The minimum Gasteiger partial charge on any atom is -0.478 e. The van der Waals surface area contributed by atoms with Crippen LogP contribution in [-0.2, 0) is 4.79 Å². The Morgan fingerprint density at radius 1 is 1.20 bits per heavy atom. The van der Waals surface area contributed by atoms with Crippen LogP contribution in [0.5, 0.6) is 0 Å². The number of imide groups is 1. The summed E-state index contributed by atoms with van der Waals surface area (Å²) < 4.78 is 0. The Kier molecular flexibility index (Phi) is 3.67. The van der Waals surface area contributed by atoms with Crippen LogP contribution in [0.2, 0.25) is 0 Å². The molecule has 1 aromatic carbocycles. The highest BCUT2D eigenvalue weighted by Gasteiger charge is 2.44. The lowest BCUT2D eigenvalue weighted by Crippen LogP contribution is -2.54. The molecule has 10 heteroatoms. The highest BCUT2D eigenvalue weighted by atomic mass is 16.4. The summed E-state index contributed by atoms with van der Waals surface area (Å²) in [7, 11) is 1.26. The predicted octanol–water partition coefficient (Wildman–Crippen LogP) is 0.857. The van der Waals surface area contributed by atoms with Crippen LogP contribution >= 0.6 is 0 Å². The molecular formula is C15H13N4O6. The number of likely N-dealkylation sites (N-methyl/N-ethyl adjacent to an activating group) is 2. The molecule has 0 spiro atoms. The molecule has 2 heterocycles. The monoisotopic (exact) mass is 345 g/mol. The number of nitrogens with one attached hydrogen (secondary N) is 1. The van der Waals surface area contributed by atoms with Gasteiger partial charge in [0.25, 0.3) is 5.91 Å². The Bertz CT molecular complexity index is 862. The molecule has 25 heavy (non-hydrogen) atoms. The van der Waals surface area contributed by atoms with Gasteiger partial charge in [0, 0.05) is 13.6 Å². The van der Waals surface area contributed by atoms with Gasteiger partial charge >= 0.3 is 18.0 Å². The number of urea groups is 1. The second kappa shape index (κ2) is 5.58. The molecule has 1 aromatic rings. The molecule has 3 rings (SSSR count). The number of anilines is 2. The van der Waals surface area contributed by atoms with Gasteiger partial charge in [0.2, 0.25) is 6.04 Å². The summed E-state index contributed by atoms with van der Waals surface area (Å²) >= 11 is 0. The van der Waals surface area contributed by atoms with E-state index in [0.717, 1.165) is 11.0 Å². The van der Waals surface area contributed by atoms with Gasteiger partial charge in [-0.3, -0.25) is 9.69 Å². The highest BCUT2D eigenvalue weighted by Crippen LogP contribution is 2.39. The number of fused-ring (bicyclic) bond motifs is 2. The van der Waals surface area contributed by atoms with Crippen LogP contribution in [-0.4, -0.2) is 58.4 Å². The summed E-state index contributed by atoms with van der Waals surface area (Å²) in [5.41, 5.74) is -0.241. The van der Waals surface area contributed by atoms with Crippen molar-refractivity contribution in [2.75, 3.05) is 23.8 Å². The van der Waals surface area contributed by atoms with E-state index >= 15 is 0 Å². The van der Waals surface area contributed by atoms with Crippen LogP contribution in [0.3, 0.4) is 0 Å². The summed E-state index contributed by atoms with van der Waals surface area (Å²) in [5, 5.41) is 21.3. The van der Waals surface area contributed by atoms with Gasteiger partial charge in [0.15, 0.2) is 5.84 Å². The Morgan fingerprint density at radius 2 is 1.88 bits per heavy atom. The lowest BCUT2D eigenvalue weighted by Gasteiger charge is -2.39. The van der Waals surface area contributed by atoms with Crippen molar-refractivity contribution in [3.63, 3.8) is 0 Å². The molecule has 2 aliphatic rings. The summed E-state index contributed by atoms with van der Waals surface area (Å²) in [5.74, 6) is -3.27. The maximum Gasteiger partial charge on any atom is 0.351 e. The zero-order valence-electron chi connectivity index (χ0n) is 13.2. The molecule has 3 amide bonds. The molecule has 0 saturated heterocycles. The van der Waals surface area contributed by atoms with Gasteiger partial charge in [-0.15, -0.1) is 0 Å². The van der Waals surface area contributed by atoms with Gasteiger partial charge in [-0.1, -0.05) is 0 Å². The maximum absolute atomic E-state index is 12.4. The van der Waals surface area contributed by atoms with Crippen molar-refractivity contribution < 1.29 is 29.4 Å². The van der Waals surface area contributed by atoms with Gasteiger partial charge in [-0.25, -0.2) is 14.4 Å². The number of rotatable bonds is 3. The molecule has 0 aliphatic carbocycles. The smallest absolute Gasteiger partial charge is 0.351 e. The first kappa shape index (κ1) is 16.4. The average Bonchev–Trinajstić information content (AvgIpc) is 2.57. The molecule has 0 saturated carbocycles. The first-order valence-corrected chi connectivity index (χ1v) is 7.23. The Labute approximate surface area is 141 Å². The van der Waals surface area contributed by atoms with Crippen molar-refractivity contribution in [2.45, 2.75) is 6.92 Å². The quantitative estimate of drug-likeness (QED) is 0.733. The standard InChI is InChI=1S/C15H13N4O6/c1-3-19-8-5-6(13(21)22)4-7(14(23)24)9(8)16-10-11(19)17-15(25)18(2)12(10)20/h4-5,16H,3H2,1-2H3,(H,21,22)(H,23,24). The van der Waals surface area contributed by atoms with Crippen LogP contribution < -0.4 is 10.2 Å². The largest absolute Gasteiger partial charge is 0.478 e. The first-order chi connectivity index (χ1) is 11.8. The molecule has 2 aliphatic heterocycles. The summed E-state index contributed by atoms with van der Waals surface area (Å²) in [6, 6.07) is 1.48. The van der Waals surface area contributed by atoms with Crippen molar-refractivity contribution in [1.82, 2.24) is 4.90 Å². The number of carbonyl (C=O) groups is 4. The highest BCUT2D eigenvalue weighted by molar-refractivity contribution is 6.33. The first-order valence-electron chi connectivity index (χ1n) is 7.23. The summed E-state index contributed by atoms with van der Waals surface area (Å²) in [6.45, 7) is 1.94. The zero-order chi connectivity index (χ0) is 18.5. The van der Waals surface area contributed by atoms with Crippen molar-refractivity contribution in [1.29, 1.82) is 0 Å². The molecular weight excluding hydrogens is 332 g/mol. The van der Waals surface area contributed by atoms with Gasteiger partial charge in [-0.2, -0.15) is 4.99 Å². The van der Waals surface area contributed by atoms with Gasteiger partial charge in [0.1, 0.15) is 0 Å². The zero-order valence-corrected chi connectivity index (χ0v) is 13.2. The molecule has 10 nitrogen and oxygen atoms in total. The Hall–Kier alpha value is -3.43.